The summed E-state index contributed by atoms with van der Waals surface area (Å²) in [6.07, 6.45) is 7.75. The highest BCUT2D eigenvalue weighted by atomic mass is 35.5. The normalized spacial score (nSPS) is 10.9. The fourth-order valence-electron chi connectivity index (χ4n) is 3.42. The molecule has 0 unspecified atom stereocenters. The number of amides is 1. The van der Waals surface area contributed by atoms with Crippen LogP contribution in [0.5, 0.6) is 0 Å². The Labute approximate surface area is 194 Å². The monoisotopic (exact) mass is 458 g/mol. The summed E-state index contributed by atoms with van der Waals surface area (Å²) in [4.78, 5) is 17.0. The molecule has 1 N–H and O–H groups in total. The number of aryl methyl sites for hydroxylation is 2. The van der Waals surface area contributed by atoms with E-state index in [0.29, 0.717) is 34.5 Å². The van der Waals surface area contributed by atoms with Crippen molar-refractivity contribution in [2.24, 2.45) is 0 Å². The Hall–Kier alpha value is -4.17. The first kappa shape index (κ1) is 20.7. The van der Waals surface area contributed by atoms with Gasteiger partial charge >= 0.3 is 0 Å². The first-order valence-corrected chi connectivity index (χ1v) is 10.7. The number of anilines is 1. The van der Waals surface area contributed by atoms with Gasteiger partial charge in [-0.05, 0) is 54.4 Å². The van der Waals surface area contributed by atoms with Crippen LogP contribution >= 0.6 is 11.6 Å². The van der Waals surface area contributed by atoms with Gasteiger partial charge in [0.25, 0.3) is 5.91 Å². The quantitative estimate of drug-likeness (QED) is 0.375. The van der Waals surface area contributed by atoms with Crippen molar-refractivity contribution >= 4 is 23.3 Å². The maximum Gasteiger partial charge on any atom is 0.277 e. The lowest BCUT2D eigenvalue weighted by Crippen LogP contribution is -2.14. The largest absolute Gasteiger partial charge is 0.463 e. The number of rotatable bonds is 7. The summed E-state index contributed by atoms with van der Waals surface area (Å²) in [6.45, 7) is 0.686. The maximum atomic E-state index is 12.9. The topological polar surface area (TPSA) is 90.8 Å². The fraction of sp³-hybridized carbons (Fsp3) is 0.0833. The Morgan fingerprint density at radius 1 is 1.03 bits per heavy atom. The number of carbonyl (C=O) groups excluding carboxylic acids is 1. The minimum absolute atomic E-state index is 0.229. The molecule has 0 spiro atoms. The first-order valence-electron chi connectivity index (χ1n) is 10.3. The smallest absolute Gasteiger partial charge is 0.277 e. The number of hydrogen-bond donors (Lipinski definition) is 1. The lowest BCUT2D eigenvalue weighted by atomic mass is 10.2. The van der Waals surface area contributed by atoms with E-state index in [1.165, 1.54) is 5.56 Å². The van der Waals surface area contributed by atoms with E-state index in [2.05, 4.69) is 20.5 Å². The van der Waals surface area contributed by atoms with Gasteiger partial charge in [-0.25, -0.2) is 4.68 Å². The molecule has 0 bridgehead atoms. The zero-order valence-corrected chi connectivity index (χ0v) is 18.2. The highest BCUT2D eigenvalue weighted by Crippen LogP contribution is 2.26. The van der Waals surface area contributed by atoms with Crippen LogP contribution in [0.15, 0.2) is 89.9 Å². The molecule has 8 nitrogen and oxygen atoms in total. The molecule has 164 valence electrons. The second kappa shape index (κ2) is 9.13. The Bertz CT molecular complexity index is 1380. The van der Waals surface area contributed by atoms with Crippen molar-refractivity contribution in [3.8, 4) is 17.1 Å². The van der Waals surface area contributed by atoms with Crippen LogP contribution in [0.4, 0.5) is 5.82 Å². The first-order chi connectivity index (χ1) is 16.2. The van der Waals surface area contributed by atoms with Crippen molar-refractivity contribution in [3.63, 3.8) is 0 Å². The van der Waals surface area contributed by atoms with Gasteiger partial charge in [0.15, 0.2) is 17.3 Å². The van der Waals surface area contributed by atoms with E-state index in [9.17, 15) is 4.79 Å². The van der Waals surface area contributed by atoms with E-state index in [0.717, 1.165) is 6.42 Å². The summed E-state index contributed by atoms with van der Waals surface area (Å²) >= 11 is 6.16. The van der Waals surface area contributed by atoms with Gasteiger partial charge in [-0.2, -0.15) is 10.2 Å². The van der Waals surface area contributed by atoms with Gasteiger partial charge in [0.2, 0.25) is 0 Å². The standard InChI is InChI=1S/C24H19ClN6O2/c25-18-3-1-4-19(15-18)31-21(22-5-2-14-33-22)16-20(28-31)24(32)27-23-9-13-30(29-23)12-8-17-6-10-26-11-7-17/h1-7,9-11,13-16H,8,12H2,(H,27,29,32). The minimum Gasteiger partial charge on any atom is -0.463 e. The molecular formula is C24H19ClN6O2. The van der Waals surface area contributed by atoms with Gasteiger partial charge in [0.05, 0.1) is 12.0 Å². The maximum absolute atomic E-state index is 12.9. The second-order valence-electron chi connectivity index (χ2n) is 7.31. The average Bonchev–Trinajstić information content (AvgIpc) is 3.59. The summed E-state index contributed by atoms with van der Waals surface area (Å²) in [6, 6.07) is 18.2. The van der Waals surface area contributed by atoms with Gasteiger partial charge < -0.3 is 9.73 Å². The zero-order valence-electron chi connectivity index (χ0n) is 17.4. The fourth-order valence-corrected chi connectivity index (χ4v) is 3.61. The molecule has 5 aromatic rings. The molecule has 1 aromatic carbocycles. The summed E-state index contributed by atoms with van der Waals surface area (Å²) in [5.41, 5.74) is 2.75. The van der Waals surface area contributed by atoms with E-state index >= 15 is 0 Å². The third-order valence-corrected chi connectivity index (χ3v) is 5.26. The zero-order chi connectivity index (χ0) is 22.6. The number of nitrogens with zero attached hydrogens (tertiary/aromatic N) is 5. The van der Waals surface area contributed by atoms with Crippen LogP contribution in [0.2, 0.25) is 5.02 Å². The number of hydrogen-bond acceptors (Lipinski definition) is 5. The minimum atomic E-state index is -0.372. The Balaban J connectivity index is 1.35. The van der Waals surface area contributed by atoms with Crippen molar-refractivity contribution in [2.45, 2.75) is 13.0 Å². The number of benzene rings is 1. The van der Waals surface area contributed by atoms with Crippen LogP contribution in [0.25, 0.3) is 17.1 Å². The number of nitrogens with one attached hydrogen (secondary N) is 1. The van der Waals surface area contributed by atoms with Crippen LogP contribution < -0.4 is 5.32 Å². The van der Waals surface area contributed by atoms with Crippen molar-refractivity contribution in [2.75, 3.05) is 5.32 Å². The molecule has 0 aliphatic heterocycles. The van der Waals surface area contributed by atoms with Crippen LogP contribution in [0.1, 0.15) is 16.1 Å². The number of carbonyl (C=O) groups is 1. The molecule has 0 aliphatic rings. The predicted molar refractivity (Wildman–Crippen MR) is 124 cm³/mol. The second-order valence-corrected chi connectivity index (χ2v) is 7.74. The molecule has 9 heteroatoms. The molecule has 0 aliphatic carbocycles. The SMILES string of the molecule is O=C(Nc1ccn(CCc2ccncc2)n1)c1cc(-c2ccco2)n(-c2cccc(Cl)c2)n1. The molecule has 0 fully saturated rings. The highest BCUT2D eigenvalue weighted by molar-refractivity contribution is 6.30. The molecule has 1 amide bonds. The third-order valence-electron chi connectivity index (χ3n) is 5.03. The van der Waals surface area contributed by atoms with Crippen LogP contribution in [-0.2, 0) is 13.0 Å². The lowest BCUT2D eigenvalue weighted by molar-refractivity contribution is 0.102. The van der Waals surface area contributed by atoms with Crippen LogP contribution in [0, 0.1) is 0 Å². The highest BCUT2D eigenvalue weighted by Gasteiger charge is 2.19. The number of furan rings is 1. The molecule has 0 radical (unpaired) electrons. The lowest BCUT2D eigenvalue weighted by Gasteiger charge is -2.05. The van der Waals surface area contributed by atoms with E-state index in [4.69, 9.17) is 16.0 Å². The van der Waals surface area contributed by atoms with Crippen molar-refractivity contribution in [1.29, 1.82) is 0 Å². The van der Waals surface area contributed by atoms with Crippen LogP contribution in [0.3, 0.4) is 0 Å². The third kappa shape index (κ3) is 4.70. The summed E-state index contributed by atoms with van der Waals surface area (Å²) in [5.74, 6) is 0.663. The molecule has 0 saturated carbocycles. The van der Waals surface area contributed by atoms with E-state index in [1.807, 2.05) is 36.5 Å². The molecule has 5 rings (SSSR count). The summed E-state index contributed by atoms with van der Waals surface area (Å²) < 4.78 is 8.96. The molecule has 4 heterocycles. The van der Waals surface area contributed by atoms with Gasteiger partial charge in [-0.15, -0.1) is 0 Å². The molecule has 0 atom stereocenters. The Morgan fingerprint density at radius 3 is 2.70 bits per heavy atom. The number of aromatic nitrogens is 5. The van der Waals surface area contributed by atoms with Crippen molar-refractivity contribution < 1.29 is 9.21 Å². The Morgan fingerprint density at radius 2 is 1.91 bits per heavy atom. The van der Waals surface area contributed by atoms with E-state index < -0.39 is 0 Å². The predicted octanol–water partition coefficient (Wildman–Crippen LogP) is 4.87. The van der Waals surface area contributed by atoms with Crippen molar-refractivity contribution in [3.05, 3.63) is 102 Å². The summed E-state index contributed by atoms with van der Waals surface area (Å²) in [7, 11) is 0. The Kier molecular flexibility index (Phi) is 5.73. The average molecular weight is 459 g/mol. The van der Waals surface area contributed by atoms with Gasteiger partial charge in [-0.1, -0.05) is 17.7 Å². The van der Waals surface area contributed by atoms with E-state index in [1.54, 1.807) is 58.4 Å². The number of halogens is 1. The van der Waals surface area contributed by atoms with Crippen LogP contribution in [-0.4, -0.2) is 30.5 Å². The van der Waals surface area contributed by atoms with Gasteiger partial charge in [-0.3, -0.25) is 14.5 Å². The van der Waals surface area contributed by atoms with E-state index in [-0.39, 0.29) is 11.6 Å². The summed E-state index contributed by atoms with van der Waals surface area (Å²) in [5, 5.41) is 12.3. The molecular weight excluding hydrogens is 440 g/mol. The van der Waals surface area contributed by atoms with Gasteiger partial charge in [0, 0.05) is 42.3 Å². The van der Waals surface area contributed by atoms with Gasteiger partial charge in [0.1, 0.15) is 5.69 Å². The number of pyridine rings is 1. The molecule has 0 saturated heterocycles. The molecule has 33 heavy (non-hydrogen) atoms. The molecule has 4 aromatic heterocycles. The van der Waals surface area contributed by atoms with Crippen molar-refractivity contribution in [1.82, 2.24) is 24.5 Å².